The number of aromatic nitrogens is 2. The van der Waals surface area contributed by atoms with Gasteiger partial charge in [0, 0.05) is 17.4 Å². The van der Waals surface area contributed by atoms with E-state index in [0.717, 1.165) is 16.1 Å². The summed E-state index contributed by atoms with van der Waals surface area (Å²) < 4.78 is 30.8. The van der Waals surface area contributed by atoms with Crippen LogP contribution < -0.4 is 14.4 Å². The molecule has 0 bridgehead atoms. The summed E-state index contributed by atoms with van der Waals surface area (Å²) in [4.78, 5) is 8.79. The van der Waals surface area contributed by atoms with Gasteiger partial charge in [0.1, 0.15) is 11.8 Å². The van der Waals surface area contributed by atoms with Crippen LogP contribution >= 0.6 is 0 Å². The van der Waals surface area contributed by atoms with E-state index in [2.05, 4.69) is 21.4 Å². The molecule has 0 radical (unpaired) electrons. The molecule has 1 aliphatic carbocycles. The Hall–Kier alpha value is -3.68. The highest BCUT2D eigenvalue weighted by atomic mass is 32.2. The monoisotopic (exact) mass is 479 g/mol. The van der Waals surface area contributed by atoms with Crippen molar-refractivity contribution >= 4 is 27.3 Å². The largest absolute Gasteiger partial charge is 0.492 e. The SMILES string of the molecule is CS(=O)(=O)N(CCO)c1ccc(Nc2nccc(-c3ccc(OCC4CC4)c(C#N)c3)n2)cc1. The molecule has 34 heavy (non-hydrogen) atoms. The third-order valence-corrected chi connectivity index (χ3v) is 6.53. The van der Waals surface area contributed by atoms with Crippen LogP contribution in [0.4, 0.5) is 17.3 Å². The minimum Gasteiger partial charge on any atom is -0.492 e. The minimum atomic E-state index is -3.51. The number of rotatable bonds is 10. The molecule has 3 aromatic rings. The van der Waals surface area contributed by atoms with Gasteiger partial charge in [0.15, 0.2) is 0 Å². The topological polar surface area (TPSA) is 128 Å². The quantitative estimate of drug-likeness (QED) is 0.453. The zero-order chi connectivity index (χ0) is 24.1. The van der Waals surface area contributed by atoms with Crippen LogP contribution in [-0.4, -0.2) is 49.5 Å². The van der Waals surface area contributed by atoms with E-state index in [1.165, 1.54) is 12.8 Å². The second-order valence-corrected chi connectivity index (χ2v) is 9.98. The molecule has 176 valence electrons. The predicted molar refractivity (Wildman–Crippen MR) is 129 cm³/mol. The molecule has 1 heterocycles. The summed E-state index contributed by atoms with van der Waals surface area (Å²) in [7, 11) is -3.51. The van der Waals surface area contributed by atoms with Gasteiger partial charge in [0.05, 0.1) is 43.0 Å². The molecule has 4 rings (SSSR count). The van der Waals surface area contributed by atoms with Gasteiger partial charge in [-0.05, 0) is 67.3 Å². The first-order valence-corrected chi connectivity index (χ1v) is 12.7. The molecular weight excluding hydrogens is 454 g/mol. The molecule has 0 unspecified atom stereocenters. The van der Waals surface area contributed by atoms with Crippen LogP contribution in [0.15, 0.2) is 54.7 Å². The minimum absolute atomic E-state index is 0.0220. The number of ether oxygens (including phenoxy) is 1. The van der Waals surface area contributed by atoms with Gasteiger partial charge in [-0.1, -0.05) is 0 Å². The summed E-state index contributed by atoms with van der Waals surface area (Å²) in [6.07, 6.45) is 5.07. The number of nitriles is 1. The van der Waals surface area contributed by atoms with Crippen molar-refractivity contribution in [2.45, 2.75) is 12.8 Å². The van der Waals surface area contributed by atoms with Crippen LogP contribution in [0.5, 0.6) is 5.75 Å². The number of hydrogen-bond donors (Lipinski definition) is 2. The second kappa shape index (κ2) is 10.1. The van der Waals surface area contributed by atoms with E-state index in [-0.39, 0.29) is 13.2 Å². The van der Waals surface area contributed by atoms with E-state index < -0.39 is 10.0 Å². The van der Waals surface area contributed by atoms with Crippen molar-refractivity contribution in [1.29, 1.82) is 5.26 Å². The van der Waals surface area contributed by atoms with Crippen LogP contribution in [0.25, 0.3) is 11.3 Å². The average Bonchev–Trinajstić information content (AvgIpc) is 3.66. The molecule has 1 aromatic heterocycles. The Labute approximate surface area is 198 Å². The van der Waals surface area contributed by atoms with Gasteiger partial charge in [-0.15, -0.1) is 0 Å². The number of hydrogen-bond acceptors (Lipinski definition) is 8. The summed E-state index contributed by atoms with van der Waals surface area (Å²) in [6.45, 7) is 0.330. The van der Waals surface area contributed by atoms with Gasteiger partial charge in [-0.25, -0.2) is 18.4 Å². The Morgan fingerprint density at radius 3 is 2.62 bits per heavy atom. The average molecular weight is 480 g/mol. The molecule has 2 N–H and O–H groups in total. The van der Waals surface area contributed by atoms with Crippen LogP contribution in [0.1, 0.15) is 18.4 Å². The van der Waals surface area contributed by atoms with Crippen LogP contribution in [0, 0.1) is 17.2 Å². The van der Waals surface area contributed by atoms with E-state index in [4.69, 9.17) is 4.74 Å². The summed E-state index contributed by atoms with van der Waals surface area (Å²) >= 11 is 0. The van der Waals surface area contributed by atoms with Gasteiger partial charge in [0.2, 0.25) is 16.0 Å². The first-order chi connectivity index (χ1) is 16.4. The third kappa shape index (κ3) is 5.81. The molecule has 1 fully saturated rings. The lowest BCUT2D eigenvalue weighted by molar-refractivity contribution is 0.299. The molecule has 0 amide bonds. The smallest absolute Gasteiger partial charge is 0.232 e. The first kappa shape index (κ1) is 23.5. The van der Waals surface area contributed by atoms with Gasteiger partial charge in [-0.2, -0.15) is 5.26 Å². The highest BCUT2D eigenvalue weighted by molar-refractivity contribution is 7.92. The predicted octanol–water partition coefficient (Wildman–Crippen LogP) is 3.31. The van der Waals surface area contributed by atoms with Gasteiger partial charge >= 0.3 is 0 Å². The van der Waals surface area contributed by atoms with Gasteiger partial charge in [-0.3, -0.25) is 4.31 Å². The number of anilines is 3. The zero-order valence-corrected chi connectivity index (χ0v) is 19.5. The maximum absolute atomic E-state index is 12.0. The molecule has 1 saturated carbocycles. The maximum atomic E-state index is 12.0. The van der Waals surface area contributed by atoms with Crippen LogP contribution in [-0.2, 0) is 10.0 Å². The van der Waals surface area contributed by atoms with Crippen molar-refractivity contribution in [2.24, 2.45) is 5.92 Å². The van der Waals surface area contributed by atoms with E-state index >= 15 is 0 Å². The fourth-order valence-corrected chi connectivity index (χ4v) is 4.31. The van der Waals surface area contributed by atoms with Gasteiger partial charge in [0.25, 0.3) is 0 Å². The molecule has 1 aliphatic rings. The van der Waals surface area contributed by atoms with Crippen molar-refractivity contribution in [2.75, 3.05) is 35.6 Å². The number of aliphatic hydroxyl groups excluding tert-OH is 1. The van der Waals surface area contributed by atoms with Crippen LogP contribution in [0.2, 0.25) is 0 Å². The lowest BCUT2D eigenvalue weighted by atomic mass is 10.1. The number of nitrogens with one attached hydrogen (secondary N) is 1. The fraction of sp³-hybridized carbons (Fsp3) is 0.292. The second-order valence-electron chi connectivity index (χ2n) is 8.07. The number of nitrogens with zero attached hydrogens (tertiary/aromatic N) is 4. The van der Waals surface area contributed by atoms with Crippen LogP contribution in [0.3, 0.4) is 0 Å². The maximum Gasteiger partial charge on any atom is 0.232 e. The lowest BCUT2D eigenvalue weighted by Crippen LogP contribution is -2.32. The Morgan fingerprint density at radius 2 is 1.97 bits per heavy atom. The van der Waals surface area contributed by atoms with E-state index in [1.807, 2.05) is 6.07 Å². The highest BCUT2D eigenvalue weighted by Crippen LogP contribution is 2.31. The molecule has 10 heteroatoms. The standard InChI is InChI=1S/C24H25N5O4S/c1-34(31,32)29(12-13-30)21-7-5-20(6-8-21)27-24-26-11-10-22(28-24)18-4-9-23(19(14-18)15-25)33-16-17-2-3-17/h4-11,14,17,30H,2-3,12-13,16H2,1H3,(H,26,27,28). The summed E-state index contributed by atoms with van der Waals surface area (Å²) in [6, 6.07) is 16.1. The highest BCUT2D eigenvalue weighted by Gasteiger charge is 2.22. The molecule has 2 aromatic carbocycles. The summed E-state index contributed by atoms with van der Waals surface area (Å²) in [5.74, 6) is 1.53. The molecule has 0 spiro atoms. The summed E-state index contributed by atoms with van der Waals surface area (Å²) in [5, 5.41) is 21.8. The van der Waals surface area contributed by atoms with Crippen molar-refractivity contribution in [1.82, 2.24) is 9.97 Å². The molecule has 0 saturated heterocycles. The molecule has 0 aliphatic heterocycles. The van der Waals surface area contributed by atoms with Crippen molar-refractivity contribution in [3.05, 3.63) is 60.3 Å². The molecule has 9 nitrogen and oxygen atoms in total. The Morgan fingerprint density at radius 1 is 1.21 bits per heavy atom. The molecule has 0 atom stereocenters. The van der Waals surface area contributed by atoms with E-state index in [1.54, 1.807) is 48.7 Å². The van der Waals surface area contributed by atoms with Crippen molar-refractivity contribution in [3.8, 4) is 23.1 Å². The number of benzene rings is 2. The third-order valence-electron chi connectivity index (χ3n) is 5.34. The van der Waals surface area contributed by atoms with E-state index in [0.29, 0.717) is 46.9 Å². The van der Waals surface area contributed by atoms with Gasteiger partial charge < -0.3 is 15.2 Å². The Kier molecular flexibility index (Phi) is 6.95. The number of sulfonamides is 1. The number of aliphatic hydroxyl groups is 1. The van der Waals surface area contributed by atoms with E-state index in [9.17, 15) is 18.8 Å². The Balaban J connectivity index is 1.50. The van der Waals surface area contributed by atoms with Crippen molar-refractivity contribution < 1.29 is 18.3 Å². The lowest BCUT2D eigenvalue weighted by Gasteiger charge is -2.21. The summed E-state index contributed by atoms with van der Waals surface area (Å²) in [5.41, 5.74) is 2.99. The Bertz CT molecular complexity index is 1300. The first-order valence-electron chi connectivity index (χ1n) is 10.8. The zero-order valence-electron chi connectivity index (χ0n) is 18.7. The van der Waals surface area contributed by atoms with Crippen molar-refractivity contribution in [3.63, 3.8) is 0 Å². The fourth-order valence-electron chi connectivity index (χ4n) is 3.39. The molecular formula is C24H25N5O4S. The normalized spacial score (nSPS) is 13.2.